The van der Waals surface area contributed by atoms with Crippen LogP contribution < -0.4 is 5.32 Å². The highest BCUT2D eigenvalue weighted by Gasteiger charge is 2.38. The third-order valence-electron chi connectivity index (χ3n) is 7.00. The fourth-order valence-corrected chi connectivity index (χ4v) is 5.83. The van der Waals surface area contributed by atoms with Crippen LogP contribution in [0.4, 0.5) is 0 Å². The topological polar surface area (TPSA) is 65.3 Å². The van der Waals surface area contributed by atoms with E-state index in [1.165, 1.54) is 0 Å². The molecule has 1 fully saturated rings. The number of hydrogen-bond acceptors (Lipinski definition) is 3. The number of nitrogens with one attached hydrogen (secondary N) is 1. The normalized spacial score (nSPS) is 19.4. The zero-order valence-electron chi connectivity index (χ0n) is 19.9. The van der Waals surface area contributed by atoms with E-state index in [1.807, 2.05) is 50.3 Å². The number of amides is 1. The van der Waals surface area contributed by atoms with E-state index in [1.54, 1.807) is 7.05 Å². The Bertz CT molecular complexity index is 1450. The molecule has 1 saturated heterocycles. The van der Waals surface area contributed by atoms with Crippen LogP contribution in [-0.4, -0.2) is 28.4 Å². The zero-order chi connectivity index (χ0) is 24.1. The summed E-state index contributed by atoms with van der Waals surface area (Å²) in [7, 11) is 1.59. The fourth-order valence-electron chi connectivity index (χ4n) is 5.83. The van der Waals surface area contributed by atoms with Gasteiger partial charge in [-0.05, 0) is 45.3 Å². The number of allylic oxidation sites excluding steroid dienone is 2. The van der Waals surface area contributed by atoms with Crippen LogP contribution in [0, 0.1) is 0 Å². The number of fused-ring (bicyclic) bond motifs is 4. The predicted molar refractivity (Wildman–Crippen MR) is 139 cm³/mol. The highest BCUT2D eigenvalue weighted by Crippen LogP contribution is 2.50. The summed E-state index contributed by atoms with van der Waals surface area (Å²) < 4.78 is 11.0. The van der Waals surface area contributed by atoms with E-state index in [2.05, 4.69) is 27.6 Å². The number of nitrogens with zero attached hydrogens (tertiary/aromatic N) is 2. The molecule has 1 aromatic carbocycles. The van der Waals surface area contributed by atoms with Crippen LogP contribution >= 0.6 is 0 Å². The van der Waals surface area contributed by atoms with E-state index in [0.29, 0.717) is 11.1 Å². The predicted octanol–water partition coefficient (Wildman–Crippen LogP) is 6.33. The van der Waals surface area contributed by atoms with Crippen molar-refractivity contribution < 1.29 is 14.3 Å². The summed E-state index contributed by atoms with van der Waals surface area (Å²) in [6.07, 6.45) is 14.6. The van der Waals surface area contributed by atoms with Crippen molar-refractivity contribution in [2.75, 3.05) is 7.05 Å². The summed E-state index contributed by atoms with van der Waals surface area (Å²) in [5.41, 5.74) is 6.07. The van der Waals surface area contributed by atoms with Gasteiger partial charge in [0.2, 0.25) is 0 Å². The third-order valence-corrected chi connectivity index (χ3v) is 7.00. The van der Waals surface area contributed by atoms with Crippen molar-refractivity contribution in [3.8, 4) is 0 Å². The Hall–Kier alpha value is -3.64. The molecule has 0 spiro atoms. The summed E-state index contributed by atoms with van der Waals surface area (Å²) in [4.78, 5) is 26.1. The first kappa shape index (κ1) is 22.2. The first-order chi connectivity index (χ1) is 16.6. The molecule has 4 heterocycles. The number of carbonyl (C=O) groups is 2. The molecular weight excluding hydrogens is 426 g/mol. The first-order valence-corrected chi connectivity index (χ1v) is 11.7. The van der Waals surface area contributed by atoms with E-state index in [4.69, 9.17) is 4.74 Å². The second kappa shape index (κ2) is 8.29. The fraction of sp³-hybridized carbons (Fsp3) is 0.286. The Balaban J connectivity index is 2.22. The summed E-state index contributed by atoms with van der Waals surface area (Å²) in [5, 5.41) is 4.27. The molecule has 6 heteroatoms. The summed E-state index contributed by atoms with van der Waals surface area (Å²) in [6, 6.07) is 0. The number of carbonyl (C=O) groups excluding carboxylic acids is 2. The minimum Gasteiger partial charge on any atom is -0.355 e. The van der Waals surface area contributed by atoms with Crippen molar-refractivity contribution >= 4 is 58.3 Å². The standard InChI is InChI=1S/C28H29N3O3/c1-6-11-16-19(8-3)30-21-13-10-14-22(34-21)31-20(9-4)17(12-7-2)24-25(28(33)29-5)18(15-32)23(16)26(30)27(24)31/h6-9,11-12,15,21-22H,3-4,10,13-14H2,1-2,5H3,(H,29,33)/b11-6-,12-7-. The number of aromatic nitrogens is 2. The summed E-state index contributed by atoms with van der Waals surface area (Å²) >= 11 is 0. The average Bonchev–Trinajstić information content (AvgIpc) is 3.32. The Kier molecular flexibility index (Phi) is 5.41. The second-order valence-electron chi connectivity index (χ2n) is 8.66. The minimum absolute atomic E-state index is 0.190. The number of aldehydes is 1. The maximum absolute atomic E-state index is 13.4. The quantitative estimate of drug-likeness (QED) is 0.442. The smallest absolute Gasteiger partial charge is 0.252 e. The van der Waals surface area contributed by atoms with Crippen LogP contribution in [0.1, 0.15) is 88.8 Å². The molecular formula is C28H29N3O3. The van der Waals surface area contributed by atoms with E-state index in [0.717, 1.165) is 69.9 Å². The lowest BCUT2D eigenvalue weighted by Crippen LogP contribution is -2.23. The molecule has 0 radical (unpaired) electrons. The molecule has 2 atom stereocenters. The van der Waals surface area contributed by atoms with Gasteiger partial charge in [-0.3, -0.25) is 9.59 Å². The van der Waals surface area contributed by atoms with Gasteiger partial charge in [0.25, 0.3) is 5.91 Å². The lowest BCUT2D eigenvalue weighted by Gasteiger charge is -2.31. The van der Waals surface area contributed by atoms with Crippen LogP contribution in [0.2, 0.25) is 0 Å². The van der Waals surface area contributed by atoms with Crippen LogP contribution in [0.15, 0.2) is 25.3 Å². The molecule has 1 N–H and O–H groups in total. The van der Waals surface area contributed by atoms with E-state index in [-0.39, 0.29) is 18.4 Å². The lowest BCUT2D eigenvalue weighted by atomic mass is 9.93. The number of benzene rings is 1. The number of rotatable bonds is 6. The Morgan fingerprint density at radius 2 is 1.47 bits per heavy atom. The molecule has 2 aliphatic heterocycles. The van der Waals surface area contributed by atoms with E-state index < -0.39 is 0 Å². The van der Waals surface area contributed by atoms with Crippen molar-refractivity contribution in [3.05, 3.63) is 59.0 Å². The Morgan fingerprint density at radius 1 is 0.941 bits per heavy atom. The highest BCUT2D eigenvalue weighted by molar-refractivity contribution is 6.26. The van der Waals surface area contributed by atoms with Gasteiger partial charge in [0.15, 0.2) is 6.29 Å². The van der Waals surface area contributed by atoms with Crippen LogP contribution in [-0.2, 0) is 4.74 Å². The SMILES string of the molecule is C=Cc1c(/C=C\C)c2c(C=O)c(C(=O)NC)c3c(/C=C\C)c(C=C)n4c3c2n1C1CCCC4O1. The maximum atomic E-state index is 13.4. The molecule has 174 valence electrons. The van der Waals surface area contributed by atoms with Crippen LogP contribution in [0.5, 0.6) is 0 Å². The van der Waals surface area contributed by atoms with Gasteiger partial charge in [0, 0.05) is 34.5 Å². The molecule has 2 aliphatic rings. The lowest BCUT2D eigenvalue weighted by molar-refractivity contribution is -0.118. The summed E-state index contributed by atoms with van der Waals surface area (Å²) in [6.45, 7) is 12.1. The molecule has 2 unspecified atom stereocenters. The second-order valence-corrected chi connectivity index (χ2v) is 8.66. The molecule has 0 saturated carbocycles. The number of ether oxygens (including phenoxy) is 1. The maximum Gasteiger partial charge on any atom is 0.252 e. The van der Waals surface area contributed by atoms with Gasteiger partial charge in [-0.2, -0.15) is 0 Å². The average molecular weight is 456 g/mol. The summed E-state index contributed by atoms with van der Waals surface area (Å²) in [5.74, 6) is -0.296. The van der Waals surface area contributed by atoms with Crippen LogP contribution in [0.25, 0.3) is 46.1 Å². The minimum atomic E-state index is -0.296. The van der Waals surface area contributed by atoms with Crippen molar-refractivity contribution in [1.29, 1.82) is 0 Å². The van der Waals surface area contributed by atoms with Gasteiger partial charge < -0.3 is 19.2 Å². The van der Waals surface area contributed by atoms with Gasteiger partial charge in [0.1, 0.15) is 12.5 Å². The zero-order valence-corrected chi connectivity index (χ0v) is 19.9. The van der Waals surface area contributed by atoms with Gasteiger partial charge in [-0.1, -0.05) is 37.5 Å². The monoisotopic (exact) mass is 455 g/mol. The van der Waals surface area contributed by atoms with Crippen LogP contribution in [0.3, 0.4) is 0 Å². The molecule has 34 heavy (non-hydrogen) atoms. The van der Waals surface area contributed by atoms with Crippen molar-refractivity contribution in [2.45, 2.75) is 45.6 Å². The Labute approximate surface area is 198 Å². The van der Waals surface area contributed by atoms with Crippen molar-refractivity contribution in [2.24, 2.45) is 0 Å². The molecule has 3 aromatic rings. The molecule has 5 rings (SSSR count). The third kappa shape index (κ3) is 2.72. The van der Waals surface area contributed by atoms with Crippen molar-refractivity contribution in [1.82, 2.24) is 14.5 Å². The molecule has 2 bridgehead atoms. The Morgan fingerprint density at radius 3 is 1.94 bits per heavy atom. The van der Waals surface area contributed by atoms with Gasteiger partial charge in [-0.15, -0.1) is 0 Å². The van der Waals surface area contributed by atoms with Gasteiger partial charge >= 0.3 is 0 Å². The number of hydrogen-bond donors (Lipinski definition) is 1. The van der Waals surface area contributed by atoms with Crippen molar-refractivity contribution in [3.63, 3.8) is 0 Å². The van der Waals surface area contributed by atoms with Gasteiger partial charge in [0.05, 0.1) is 28.0 Å². The van der Waals surface area contributed by atoms with Gasteiger partial charge in [-0.25, -0.2) is 0 Å². The van der Waals surface area contributed by atoms with E-state index >= 15 is 0 Å². The van der Waals surface area contributed by atoms with E-state index in [9.17, 15) is 9.59 Å². The molecule has 6 nitrogen and oxygen atoms in total. The molecule has 0 aliphatic carbocycles. The first-order valence-electron chi connectivity index (χ1n) is 11.7. The highest BCUT2D eigenvalue weighted by atomic mass is 16.5. The molecule has 2 aromatic heterocycles. The molecule has 1 amide bonds. The largest absolute Gasteiger partial charge is 0.355 e.